The number of hydrogen-bond donors (Lipinski definition) is 1. The van der Waals surface area contributed by atoms with Crippen LogP contribution in [-0.2, 0) is 14.3 Å². The highest BCUT2D eigenvalue weighted by atomic mass is 16.5. The standard InChI is InChI=1S/C21H35NO4/c1-2-25-20(24)18-3-5-22(6-4-18)13-19(23)14-26-21-10-15-7-16(11-21)9-17(8-15)12-21/h15-19,23H,2-14H2,1H3/t15?,16?,17?,19-,21?/m0/s1. The Morgan fingerprint density at radius 2 is 1.69 bits per heavy atom. The molecule has 4 aliphatic carbocycles. The Balaban J connectivity index is 1.19. The molecule has 5 rings (SSSR count). The molecule has 0 aromatic rings. The van der Waals surface area contributed by atoms with Gasteiger partial charge in [0.05, 0.1) is 30.8 Å². The number of carbonyl (C=O) groups is 1. The van der Waals surface area contributed by atoms with Crippen molar-refractivity contribution in [2.75, 3.05) is 32.8 Å². The summed E-state index contributed by atoms with van der Waals surface area (Å²) in [5.41, 5.74) is 0.0760. The number of piperidine rings is 1. The van der Waals surface area contributed by atoms with Crippen molar-refractivity contribution in [1.29, 1.82) is 0 Å². The number of likely N-dealkylation sites (tertiary alicyclic amines) is 1. The number of carbonyl (C=O) groups excluding carboxylic acids is 1. The van der Waals surface area contributed by atoms with Crippen LogP contribution in [0.5, 0.6) is 0 Å². The fraction of sp³-hybridized carbons (Fsp3) is 0.952. The average Bonchev–Trinajstić information content (AvgIpc) is 2.60. The van der Waals surface area contributed by atoms with Crippen LogP contribution in [0, 0.1) is 23.7 Å². The maximum absolute atomic E-state index is 11.8. The van der Waals surface area contributed by atoms with Crippen LogP contribution in [0.25, 0.3) is 0 Å². The molecule has 1 saturated heterocycles. The van der Waals surface area contributed by atoms with Gasteiger partial charge in [0.1, 0.15) is 0 Å². The fourth-order valence-corrected chi connectivity index (χ4v) is 6.44. The summed E-state index contributed by atoms with van der Waals surface area (Å²) < 4.78 is 11.5. The molecule has 5 fully saturated rings. The van der Waals surface area contributed by atoms with Gasteiger partial charge >= 0.3 is 5.97 Å². The lowest BCUT2D eigenvalue weighted by Gasteiger charge is -2.56. The van der Waals surface area contributed by atoms with Gasteiger partial charge < -0.3 is 19.5 Å². The number of nitrogens with zero attached hydrogens (tertiary/aromatic N) is 1. The maximum atomic E-state index is 11.8. The highest BCUT2D eigenvalue weighted by molar-refractivity contribution is 5.72. The van der Waals surface area contributed by atoms with Crippen molar-refractivity contribution in [2.24, 2.45) is 23.7 Å². The summed E-state index contributed by atoms with van der Waals surface area (Å²) in [5, 5.41) is 10.5. The number of rotatable bonds is 7. The zero-order valence-corrected chi connectivity index (χ0v) is 16.2. The van der Waals surface area contributed by atoms with Crippen molar-refractivity contribution in [2.45, 2.75) is 70.0 Å². The molecule has 148 valence electrons. The minimum absolute atomic E-state index is 0.0339. The second kappa shape index (κ2) is 7.76. The lowest BCUT2D eigenvalue weighted by Crippen LogP contribution is -2.53. The largest absolute Gasteiger partial charge is 0.466 e. The van der Waals surface area contributed by atoms with E-state index in [1.165, 1.54) is 38.5 Å². The van der Waals surface area contributed by atoms with Gasteiger partial charge in [-0.25, -0.2) is 0 Å². The highest BCUT2D eigenvalue weighted by Crippen LogP contribution is 2.57. The third-order valence-corrected chi connectivity index (χ3v) is 7.24. The number of hydrogen-bond acceptors (Lipinski definition) is 5. The molecule has 0 aromatic heterocycles. The summed E-state index contributed by atoms with van der Waals surface area (Å²) in [6.07, 6.45) is 9.15. The van der Waals surface area contributed by atoms with Crippen molar-refractivity contribution in [1.82, 2.24) is 4.90 Å². The molecular formula is C21H35NO4. The third-order valence-electron chi connectivity index (χ3n) is 7.24. The van der Waals surface area contributed by atoms with Gasteiger partial charge in [0.25, 0.3) is 0 Å². The minimum atomic E-state index is -0.429. The minimum Gasteiger partial charge on any atom is -0.466 e. The summed E-state index contributed by atoms with van der Waals surface area (Å²) in [7, 11) is 0. The number of ether oxygens (including phenoxy) is 2. The van der Waals surface area contributed by atoms with E-state index in [1.54, 1.807) is 0 Å². The molecule has 5 heteroatoms. The Labute approximate surface area is 157 Å². The Hall–Kier alpha value is -0.650. The molecule has 4 bridgehead atoms. The Kier molecular flexibility index (Phi) is 5.58. The quantitative estimate of drug-likeness (QED) is 0.703. The highest BCUT2D eigenvalue weighted by Gasteiger charge is 2.51. The molecule has 4 saturated carbocycles. The van der Waals surface area contributed by atoms with Crippen molar-refractivity contribution in [3.63, 3.8) is 0 Å². The zero-order valence-electron chi connectivity index (χ0n) is 16.2. The summed E-state index contributed by atoms with van der Waals surface area (Å²) in [6.45, 7) is 5.15. The molecular weight excluding hydrogens is 330 g/mol. The lowest BCUT2D eigenvalue weighted by molar-refractivity contribution is -0.176. The molecule has 0 aromatic carbocycles. The van der Waals surface area contributed by atoms with E-state index in [0.29, 0.717) is 19.8 Å². The van der Waals surface area contributed by atoms with E-state index in [2.05, 4.69) is 4.90 Å². The van der Waals surface area contributed by atoms with Crippen LogP contribution < -0.4 is 0 Å². The van der Waals surface area contributed by atoms with Gasteiger partial charge in [-0.05, 0) is 89.1 Å². The van der Waals surface area contributed by atoms with Gasteiger partial charge in [-0.3, -0.25) is 4.79 Å². The van der Waals surface area contributed by atoms with Crippen molar-refractivity contribution >= 4 is 5.97 Å². The second-order valence-electron chi connectivity index (χ2n) is 9.39. The molecule has 0 unspecified atom stereocenters. The third kappa shape index (κ3) is 4.10. The Morgan fingerprint density at radius 1 is 1.12 bits per heavy atom. The monoisotopic (exact) mass is 365 g/mol. The van der Waals surface area contributed by atoms with Gasteiger partial charge in [0.2, 0.25) is 0 Å². The van der Waals surface area contributed by atoms with E-state index >= 15 is 0 Å². The maximum Gasteiger partial charge on any atom is 0.309 e. The predicted octanol–water partition coefficient (Wildman–Crippen LogP) is 2.61. The molecule has 1 atom stereocenters. The van der Waals surface area contributed by atoms with Crippen LogP contribution in [0.3, 0.4) is 0 Å². The average molecular weight is 366 g/mol. The SMILES string of the molecule is CCOC(=O)C1CCN(C[C@H](O)COC23CC4CC(CC(C4)C2)C3)CC1. The van der Waals surface area contributed by atoms with Gasteiger partial charge in [-0.2, -0.15) is 0 Å². The lowest BCUT2D eigenvalue weighted by atomic mass is 9.54. The Bertz CT molecular complexity index is 465. The normalized spacial score (nSPS) is 38.5. The number of esters is 1. The smallest absolute Gasteiger partial charge is 0.309 e. The molecule has 5 aliphatic rings. The van der Waals surface area contributed by atoms with Gasteiger partial charge in [0, 0.05) is 6.54 Å². The van der Waals surface area contributed by atoms with Crippen molar-refractivity contribution in [3.8, 4) is 0 Å². The van der Waals surface area contributed by atoms with E-state index in [1.807, 2.05) is 6.92 Å². The van der Waals surface area contributed by atoms with Gasteiger partial charge in [-0.1, -0.05) is 0 Å². The first-order chi connectivity index (χ1) is 12.5. The summed E-state index contributed by atoms with van der Waals surface area (Å²) in [5.74, 6) is 2.60. The molecule has 0 radical (unpaired) electrons. The van der Waals surface area contributed by atoms with Crippen LogP contribution >= 0.6 is 0 Å². The molecule has 5 nitrogen and oxygen atoms in total. The van der Waals surface area contributed by atoms with E-state index in [9.17, 15) is 9.90 Å². The number of β-amino-alcohol motifs (C(OH)–C–C–N with tert-alkyl or cyclic N) is 1. The first-order valence-corrected chi connectivity index (χ1v) is 10.8. The van der Waals surface area contributed by atoms with Crippen LogP contribution in [0.2, 0.25) is 0 Å². The number of aliphatic hydroxyl groups is 1. The molecule has 0 amide bonds. The second-order valence-corrected chi connectivity index (χ2v) is 9.39. The van der Waals surface area contributed by atoms with Crippen LogP contribution in [0.15, 0.2) is 0 Å². The first-order valence-electron chi connectivity index (χ1n) is 10.8. The topological polar surface area (TPSA) is 59.0 Å². The van der Waals surface area contributed by atoms with Crippen LogP contribution in [0.1, 0.15) is 58.3 Å². The molecule has 1 N–H and O–H groups in total. The van der Waals surface area contributed by atoms with Gasteiger partial charge in [-0.15, -0.1) is 0 Å². The van der Waals surface area contributed by atoms with Crippen LogP contribution in [-0.4, -0.2) is 60.5 Å². The number of aliphatic hydroxyl groups excluding tert-OH is 1. The van der Waals surface area contributed by atoms with Crippen molar-refractivity contribution in [3.05, 3.63) is 0 Å². The summed E-state index contributed by atoms with van der Waals surface area (Å²) in [6, 6.07) is 0. The van der Waals surface area contributed by atoms with Gasteiger partial charge in [0.15, 0.2) is 0 Å². The van der Waals surface area contributed by atoms with E-state index in [-0.39, 0.29) is 17.5 Å². The van der Waals surface area contributed by atoms with E-state index < -0.39 is 6.10 Å². The summed E-state index contributed by atoms with van der Waals surface area (Å²) in [4.78, 5) is 14.1. The first kappa shape index (κ1) is 18.7. The molecule has 1 heterocycles. The van der Waals surface area contributed by atoms with E-state index in [0.717, 1.165) is 43.7 Å². The predicted molar refractivity (Wildman–Crippen MR) is 98.7 cm³/mol. The Morgan fingerprint density at radius 3 is 2.23 bits per heavy atom. The molecule has 26 heavy (non-hydrogen) atoms. The van der Waals surface area contributed by atoms with E-state index in [4.69, 9.17) is 9.47 Å². The van der Waals surface area contributed by atoms with Crippen molar-refractivity contribution < 1.29 is 19.4 Å². The summed E-state index contributed by atoms with van der Waals surface area (Å²) >= 11 is 0. The zero-order chi connectivity index (χ0) is 18.1. The van der Waals surface area contributed by atoms with Crippen LogP contribution in [0.4, 0.5) is 0 Å². The fourth-order valence-electron chi connectivity index (χ4n) is 6.44. The molecule has 0 spiro atoms. The molecule has 1 aliphatic heterocycles.